The van der Waals surface area contributed by atoms with Crippen molar-refractivity contribution in [2.75, 3.05) is 13.1 Å². The lowest BCUT2D eigenvalue weighted by molar-refractivity contribution is -0.103. The molecule has 0 aromatic rings. The van der Waals surface area contributed by atoms with Crippen LogP contribution >= 0.6 is 0 Å². The lowest BCUT2D eigenvalue weighted by Crippen LogP contribution is -2.64. The highest BCUT2D eigenvalue weighted by atomic mass is 16.6. The van der Waals surface area contributed by atoms with Crippen molar-refractivity contribution in [2.24, 2.45) is 0 Å². The maximum atomic E-state index is 11.6. The van der Waals surface area contributed by atoms with E-state index in [1.54, 1.807) is 4.90 Å². The van der Waals surface area contributed by atoms with E-state index < -0.39 is 11.2 Å². The first-order chi connectivity index (χ1) is 7.76. The molecule has 1 aliphatic rings. The summed E-state index contributed by atoms with van der Waals surface area (Å²) in [5, 5.41) is 10.1. The molecule has 17 heavy (non-hydrogen) atoms. The van der Waals surface area contributed by atoms with Crippen LogP contribution in [0.3, 0.4) is 0 Å². The number of rotatable bonds is 4. The zero-order valence-corrected chi connectivity index (χ0v) is 11.0. The smallest absolute Gasteiger partial charge is 0.410 e. The molecule has 0 unspecified atom stereocenters. The van der Waals surface area contributed by atoms with E-state index in [9.17, 15) is 9.90 Å². The number of allylic oxidation sites excluding steroid dienone is 1. The fourth-order valence-electron chi connectivity index (χ4n) is 1.85. The van der Waals surface area contributed by atoms with Gasteiger partial charge in [0.05, 0.1) is 18.7 Å². The van der Waals surface area contributed by atoms with E-state index >= 15 is 0 Å². The molecule has 0 aromatic heterocycles. The third kappa shape index (κ3) is 4.38. The Kier molecular flexibility index (Phi) is 4.20. The van der Waals surface area contributed by atoms with Gasteiger partial charge < -0.3 is 14.7 Å². The zero-order valence-electron chi connectivity index (χ0n) is 11.0. The van der Waals surface area contributed by atoms with Crippen LogP contribution in [0.2, 0.25) is 0 Å². The predicted molar refractivity (Wildman–Crippen MR) is 66.8 cm³/mol. The molecular weight excluding hydrogens is 218 g/mol. The highest BCUT2D eigenvalue weighted by Crippen LogP contribution is 2.27. The van der Waals surface area contributed by atoms with Crippen LogP contribution in [0.1, 0.15) is 40.0 Å². The number of nitrogens with zero attached hydrogens (tertiary/aromatic N) is 1. The van der Waals surface area contributed by atoms with E-state index in [-0.39, 0.29) is 6.09 Å². The molecule has 1 aliphatic heterocycles. The summed E-state index contributed by atoms with van der Waals surface area (Å²) in [5.74, 6) is 0. The molecule has 1 rings (SSSR count). The third-order valence-corrected chi connectivity index (χ3v) is 2.67. The maximum absolute atomic E-state index is 11.6. The molecule has 0 bridgehead atoms. The highest BCUT2D eigenvalue weighted by Gasteiger charge is 2.44. The van der Waals surface area contributed by atoms with Crippen molar-refractivity contribution in [3.05, 3.63) is 12.7 Å². The van der Waals surface area contributed by atoms with Crippen LogP contribution in [0.15, 0.2) is 12.7 Å². The quantitative estimate of drug-likeness (QED) is 0.607. The molecule has 1 saturated heterocycles. The van der Waals surface area contributed by atoms with E-state index in [1.165, 1.54) is 0 Å². The standard InChI is InChI=1S/C13H23NO3/c1-5-6-7-8-13(16)9-14(10-13)11(15)17-12(2,3)4/h5,16H,1,6-10H2,2-4H3. The number of ether oxygens (including phenoxy) is 1. The van der Waals surface area contributed by atoms with Crippen LogP contribution in [0.25, 0.3) is 0 Å². The van der Waals surface area contributed by atoms with Crippen molar-refractivity contribution >= 4 is 6.09 Å². The molecule has 0 saturated carbocycles. The van der Waals surface area contributed by atoms with Crippen LogP contribution in [0.5, 0.6) is 0 Å². The summed E-state index contributed by atoms with van der Waals surface area (Å²) in [6.45, 7) is 9.89. The zero-order chi connectivity index (χ0) is 13.1. The molecule has 4 heteroatoms. The second-order valence-corrected chi connectivity index (χ2v) is 5.74. The van der Waals surface area contributed by atoms with Gasteiger partial charge in [0, 0.05) is 0 Å². The van der Waals surface area contributed by atoms with Crippen molar-refractivity contribution in [3.63, 3.8) is 0 Å². The predicted octanol–water partition coefficient (Wildman–Crippen LogP) is 2.32. The molecule has 0 spiro atoms. The molecular formula is C13H23NO3. The summed E-state index contributed by atoms with van der Waals surface area (Å²) in [4.78, 5) is 13.2. The number of unbranched alkanes of at least 4 members (excludes halogenated alkanes) is 1. The van der Waals surface area contributed by atoms with Gasteiger partial charge in [-0.25, -0.2) is 4.79 Å². The Bertz CT molecular complexity index is 288. The summed E-state index contributed by atoms with van der Waals surface area (Å²) < 4.78 is 5.22. The van der Waals surface area contributed by atoms with Gasteiger partial charge in [0.15, 0.2) is 0 Å². The second kappa shape index (κ2) is 5.08. The summed E-state index contributed by atoms with van der Waals surface area (Å²) in [6.07, 6.45) is 4.01. The minimum Gasteiger partial charge on any atom is -0.444 e. The first-order valence-corrected chi connectivity index (χ1v) is 6.07. The number of carbonyl (C=O) groups is 1. The number of β-amino-alcohol motifs (C(OH)–C–C–N with tert-alkyl or cyclic N) is 1. The highest BCUT2D eigenvalue weighted by molar-refractivity contribution is 5.69. The van der Waals surface area contributed by atoms with Gasteiger partial charge in [-0.3, -0.25) is 0 Å². The van der Waals surface area contributed by atoms with Gasteiger partial charge in [0.1, 0.15) is 5.60 Å². The number of likely N-dealkylation sites (tertiary alicyclic amines) is 1. The summed E-state index contributed by atoms with van der Waals surface area (Å²) >= 11 is 0. The molecule has 98 valence electrons. The van der Waals surface area contributed by atoms with Crippen molar-refractivity contribution in [3.8, 4) is 0 Å². The van der Waals surface area contributed by atoms with Crippen LogP contribution < -0.4 is 0 Å². The number of hydrogen-bond acceptors (Lipinski definition) is 3. The summed E-state index contributed by atoms with van der Waals surface area (Å²) in [5.41, 5.74) is -1.20. The van der Waals surface area contributed by atoms with Gasteiger partial charge >= 0.3 is 6.09 Å². The van der Waals surface area contributed by atoms with Gasteiger partial charge in [-0.05, 0) is 40.0 Å². The Hall–Kier alpha value is -1.03. The fourth-order valence-corrected chi connectivity index (χ4v) is 1.85. The molecule has 0 aliphatic carbocycles. The molecule has 0 atom stereocenters. The first-order valence-electron chi connectivity index (χ1n) is 6.07. The van der Waals surface area contributed by atoms with Gasteiger partial charge in [0.2, 0.25) is 0 Å². The Morgan fingerprint density at radius 3 is 2.59 bits per heavy atom. The normalized spacial score (nSPS) is 18.5. The van der Waals surface area contributed by atoms with Crippen molar-refractivity contribution in [1.29, 1.82) is 0 Å². The van der Waals surface area contributed by atoms with Crippen molar-refractivity contribution in [2.45, 2.75) is 51.2 Å². The molecule has 1 amide bonds. The number of aliphatic hydroxyl groups is 1. The van der Waals surface area contributed by atoms with Gasteiger partial charge in [0.25, 0.3) is 0 Å². The monoisotopic (exact) mass is 241 g/mol. The Morgan fingerprint density at radius 2 is 2.12 bits per heavy atom. The molecule has 0 radical (unpaired) electrons. The fraction of sp³-hybridized carbons (Fsp3) is 0.769. The Balaban J connectivity index is 2.30. The Labute approximate surface area is 103 Å². The largest absolute Gasteiger partial charge is 0.444 e. The van der Waals surface area contributed by atoms with Gasteiger partial charge in [-0.15, -0.1) is 6.58 Å². The van der Waals surface area contributed by atoms with E-state index in [2.05, 4.69) is 6.58 Å². The van der Waals surface area contributed by atoms with Crippen LogP contribution in [0, 0.1) is 0 Å². The number of amides is 1. The van der Waals surface area contributed by atoms with E-state index in [4.69, 9.17) is 4.74 Å². The third-order valence-electron chi connectivity index (χ3n) is 2.67. The number of carbonyl (C=O) groups excluding carboxylic acids is 1. The average molecular weight is 241 g/mol. The van der Waals surface area contributed by atoms with Crippen LogP contribution in [-0.2, 0) is 4.74 Å². The lowest BCUT2D eigenvalue weighted by Gasteiger charge is -2.46. The van der Waals surface area contributed by atoms with Crippen molar-refractivity contribution in [1.82, 2.24) is 4.90 Å². The second-order valence-electron chi connectivity index (χ2n) is 5.74. The minimum absolute atomic E-state index is 0.342. The van der Waals surface area contributed by atoms with Crippen LogP contribution in [-0.4, -0.2) is 40.4 Å². The SMILES string of the molecule is C=CCCCC1(O)CN(C(=O)OC(C)(C)C)C1. The topological polar surface area (TPSA) is 49.8 Å². The van der Waals surface area contributed by atoms with E-state index in [0.717, 1.165) is 12.8 Å². The molecule has 4 nitrogen and oxygen atoms in total. The van der Waals surface area contributed by atoms with E-state index in [0.29, 0.717) is 19.5 Å². The number of hydrogen-bond donors (Lipinski definition) is 1. The van der Waals surface area contributed by atoms with Crippen molar-refractivity contribution < 1.29 is 14.6 Å². The molecule has 0 aromatic carbocycles. The minimum atomic E-state index is -0.722. The van der Waals surface area contributed by atoms with Crippen LogP contribution in [0.4, 0.5) is 4.79 Å². The summed E-state index contributed by atoms with van der Waals surface area (Å²) in [6, 6.07) is 0. The Morgan fingerprint density at radius 1 is 1.53 bits per heavy atom. The molecule has 1 N–H and O–H groups in total. The first kappa shape index (κ1) is 14.0. The van der Waals surface area contributed by atoms with E-state index in [1.807, 2.05) is 26.8 Å². The van der Waals surface area contributed by atoms with Gasteiger partial charge in [-0.2, -0.15) is 0 Å². The maximum Gasteiger partial charge on any atom is 0.410 e. The molecule has 1 fully saturated rings. The summed E-state index contributed by atoms with van der Waals surface area (Å²) in [7, 11) is 0. The average Bonchev–Trinajstić information content (AvgIpc) is 2.11. The molecule has 1 heterocycles. The lowest BCUT2D eigenvalue weighted by atomic mass is 9.89. The van der Waals surface area contributed by atoms with Gasteiger partial charge in [-0.1, -0.05) is 6.08 Å².